The Morgan fingerprint density at radius 3 is 2.68 bits per heavy atom. The van der Waals surface area contributed by atoms with Crippen molar-refractivity contribution >= 4 is 11.7 Å². The third-order valence-electron chi connectivity index (χ3n) is 5.08. The van der Waals surface area contributed by atoms with Gasteiger partial charge in [-0.05, 0) is 41.7 Å². The van der Waals surface area contributed by atoms with Crippen LogP contribution in [-0.4, -0.2) is 13.1 Å². The number of halogens is 2. The fourth-order valence-electron chi connectivity index (χ4n) is 3.90. The summed E-state index contributed by atoms with van der Waals surface area (Å²) in [5.41, 5.74) is 2.45. The van der Waals surface area contributed by atoms with Crippen LogP contribution in [0.25, 0.3) is 0 Å². The molecule has 0 radical (unpaired) electrons. The van der Waals surface area contributed by atoms with Crippen LogP contribution in [0.1, 0.15) is 39.9 Å². The van der Waals surface area contributed by atoms with Crippen LogP contribution in [0.5, 0.6) is 0 Å². The fourth-order valence-corrected chi connectivity index (χ4v) is 3.90. The van der Waals surface area contributed by atoms with Crippen LogP contribution in [0.2, 0.25) is 0 Å². The van der Waals surface area contributed by atoms with E-state index in [0.29, 0.717) is 16.8 Å². The molecule has 2 aromatic rings. The van der Waals surface area contributed by atoms with Gasteiger partial charge in [0.2, 0.25) is 0 Å². The van der Waals surface area contributed by atoms with Crippen molar-refractivity contribution in [3.05, 3.63) is 76.9 Å². The minimum absolute atomic E-state index is 0.0215. The molecule has 1 aliphatic carbocycles. The highest BCUT2D eigenvalue weighted by molar-refractivity contribution is 5.89. The first kappa shape index (κ1) is 15.8. The Morgan fingerprint density at radius 2 is 1.96 bits per heavy atom. The lowest BCUT2D eigenvalue weighted by atomic mass is 9.77. The van der Waals surface area contributed by atoms with Crippen molar-refractivity contribution in [1.82, 2.24) is 0 Å². The molecule has 1 N–H and O–H groups in total. The number of methoxy groups -OCH3 is 1. The number of carbonyl (C=O) groups excluding carboxylic acids is 1. The van der Waals surface area contributed by atoms with Crippen molar-refractivity contribution in [2.75, 3.05) is 12.4 Å². The first-order valence-corrected chi connectivity index (χ1v) is 8.19. The molecule has 25 heavy (non-hydrogen) atoms. The molecule has 128 valence electrons. The summed E-state index contributed by atoms with van der Waals surface area (Å²) in [4.78, 5) is 11.6. The average Bonchev–Trinajstić information content (AvgIpc) is 3.11. The molecule has 4 rings (SSSR count). The van der Waals surface area contributed by atoms with E-state index in [9.17, 15) is 13.6 Å². The van der Waals surface area contributed by atoms with Crippen LogP contribution >= 0.6 is 0 Å². The molecule has 1 aliphatic heterocycles. The number of ether oxygens (including phenoxy) is 1. The predicted octanol–water partition coefficient (Wildman–Crippen LogP) is 4.58. The number of hydrogen-bond acceptors (Lipinski definition) is 3. The minimum Gasteiger partial charge on any atom is -0.465 e. The van der Waals surface area contributed by atoms with Gasteiger partial charge in [-0.2, -0.15) is 0 Å². The van der Waals surface area contributed by atoms with Gasteiger partial charge in [-0.25, -0.2) is 13.6 Å². The molecule has 0 saturated carbocycles. The van der Waals surface area contributed by atoms with E-state index in [0.717, 1.165) is 18.1 Å². The monoisotopic (exact) mass is 341 g/mol. The number of fused-ring (bicyclic) bond motifs is 3. The summed E-state index contributed by atoms with van der Waals surface area (Å²) in [5, 5.41) is 3.25. The molecule has 0 amide bonds. The van der Waals surface area contributed by atoms with Crippen molar-refractivity contribution in [3.63, 3.8) is 0 Å². The second-order valence-electron chi connectivity index (χ2n) is 6.44. The lowest BCUT2D eigenvalue weighted by Crippen LogP contribution is -2.30. The van der Waals surface area contributed by atoms with Gasteiger partial charge in [0.15, 0.2) is 0 Å². The zero-order valence-corrected chi connectivity index (χ0v) is 13.6. The first-order chi connectivity index (χ1) is 12.1. The van der Waals surface area contributed by atoms with Crippen LogP contribution in [0.15, 0.2) is 48.6 Å². The summed E-state index contributed by atoms with van der Waals surface area (Å²) in [6, 6.07) is 9.32. The highest BCUT2D eigenvalue weighted by Gasteiger charge is 2.39. The predicted molar refractivity (Wildman–Crippen MR) is 90.5 cm³/mol. The maximum atomic E-state index is 14.3. The lowest BCUT2D eigenvalue weighted by Gasteiger charge is -2.37. The summed E-state index contributed by atoms with van der Waals surface area (Å²) in [6.07, 6.45) is 4.92. The van der Waals surface area contributed by atoms with Crippen LogP contribution < -0.4 is 5.32 Å². The second kappa shape index (κ2) is 5.99. The van der Waals surface area contributed by atoms with Crippen molar-refractivity contribution < 1.29 is 18.3 Å². The molecule has 0 unspecified atom stereocenters. The molecular weight excluding hydrogens is 324 g/mol. The number of rotatable bonds is 2. The molecule has 0 saturated heterocycles. The zero-order chi connectivity index (χ0) is 17.6. The van der Waals surface area contributed by atoms with Crippen LogP contribution in [0.4, 0.5) is 14.5 Å². The normalized spacial score (nSPS) is 23.6. The molecular formula is C20H17F2NO2. The number of carbonyl (C=O) groups is 1. The molecule has 0 bridgehead atoms. The van der Waals surface area contributed by atoms with Gasteiger partial charge in [0.25, 0.3) is 0 Å². The Labute approximate surface area is 144 Å². The summed E-state index contributed by atoms with van der Waals surface area (Å²) in [7, 11) is 1.34. The lowest BCUT2D eigenvalue weighted by molar-refractivity contribution is 0.0600. The molecule has 3 nitrogen and oxygen atoms in total. The molecule has 3 atom stereocenters. The quantitative estimate of drug-likeness (QED) is 0.642. The van der Waals surface area contributed by atoms with Gasteiger partial charge >= 0.3 is 5.97 Å². The third kappa shape index (κ3) is 2.60. The molecule has 0 spiro atoms. The molecule has 5 heteroatoms. The summed E-state index contributed by atoms with van der Waals surface area (Å²) >= 11 is 0. The molecule has 1 heterocycles. The first-order valence-electron chi connectivity index (χ1n) is 8.19. The molecule has 0 aromatic heterocycles. The van der Waals surface area contributed by atoms with Gasteiger partial charge in [0, 0.05) is 12.0 Å². The van der Waals surface area contributed by atoms with E-state index in [-0.39, 0.29) is 17.9 Å². The Bertz CT molecular complexity index is 861. The highest BCUT2D eigenvalue weighted by atomic mass is 19.1. The van der Waals surface area contributed by atoms with E-state index in [4.69, 9.17) is 4.74 Å². The molecule has 2 aliphatic rings. The number of esters is 1. The van der Waals surface area contributed by atoms with Gasteiger partial charge < -0.3 is 10.1 Å². The molecule has 2 aromatic carbocycles. The fraction of sp³-hybridized carbons (Fsp3) is 0.250. The second-order valence-corrected chi connectivity index (χ2v) is 6.44. The van der Waals surface area contributed by atoms with Crippen LogP contribution in [0, 0.1) is 17.6 Å². The number of anilines is 1. The van der Waals surface area contributed by atoms with Crippen molar-refractivity contribution in [2.24, 2.45) is 5.92 Å². The number of benzene rings is 2. The molecule has 0 fully saturated rings. The minimum atomic E-state index is -0.579. The van der Waals surface area contributed by atoms with E-state index in [1.165, 1.54) is 13.2 Å². The average molecular weight is 341 g/mol. The van der Waals surface area contributed by atoms with Gasteiger partial charge in [-0.1, -0.05) is 24.3 Å². The van der Waals surface area contributed by atoms with Crippen molar-refractivity contribution in [3.8, 4) is 0 Å². The standard InChI is InChI=1S/C20H17F2NO2/c1-25-20(24)12-7-5-11(6-8-12)18-15-4-2-3-14(15)16-9-13(21)10-17(22)19(16)23-18/h2-3,5-10,14-15,18,23H,4H2,1H3/t14-,15+,18-/m0/s1. The maximum absolute atomic E-state index is 14.3. The third-order valence-corrected chi connectivity index (χ3v) is 5.08. The SMILES string of the molecule is COC(=O)c1ccc([C@@H]2Nc3c(F)cc(F)cc3[C@H]3C=CC[C@H]32)cc1. The van der Waals surface area contributed by atoms with E-state index in [1.807, 2.05) is 18.2 Å². The van der Waals surface area contributed by atoms with Gasteiger partial charge in [-0.15, -0.1) is 0 Å². The van der Waals surface area contributed by atoms with E-state index in [2.05, 4.69) is 11.4 Å². The van der Waals surface area contributed by atoms with E-state index in [1.54, 1.807) is 12.1 Å². The van der Waals surface area contributed by atoms with Crippen LogP contribution in [0.3, 0.4) is 0 Å². The van der Waals surface area contributed by atoms with Gasteiger partial charge in [0.1, 0.15) is 11.6 Å². The zero-order valence-electron chi connectivity index (χ0n) is 13.6. The topological polar surface area (TPSA) is 38.3 Å². The van der Waals surface area contributed by atoms with Crippen LogP contribution in [-0.2, 0) is 4.74 Å². The van der Waals surface area contributed by atoms with Gasteiger partial charge in [0.05, 0.1) is 24.4 Å². The maximum Gasteiger partial charge on any atom is 0.337 e. The number of hydrogen-bond donors (Lipinski definition) is 1. The highest BCUT2D eigenvalue weighted by Crippen LogP contribution is 2.50. The summed E-state index contributed by atoms with van der Waals surface area (Å²) in [5.74, 6) is -1.37. The largest absolute Gasteiger partial charge is 0.465 e. The summed E-state index contributed by atoms with van der Waals surface area (Å²) < 4.78 is 32.7. The van der Waals surface area contributed by atoms with E-state index >= 15 is 0 Å². The Morgan fingerprint density at radius 1 is 1.20 bits per heavy atom. The van der Waals surface area contributed by atoms with Crippen molar-refractivity contribution in [1.29, 1.82) is 0 Å². The Balaban J connectivity index is 1.73. The summed E-state index contributed by atoms with van der Waals surface area (Å²) in [6.45, 7) is 0. The number of allylic oxidation sites excluding steroid dienone is 2. The smallest absolute Gasteiger partial charge is 0.337 e. The Kier molecular flexibility index (Phi) is 3.79. The number of nitrogens with one attached hydrogen (secondary N) is 1. The van der Waals surface area contributed by atoms with Crippen molar-refractivity contribution in [2.45, 2.75) is 18.4 Å². The Hall–Kier alpha value is -2.69. The van der Waals surface area contributed by atoms with E-state index < -0.39 is 17.6 Å². The van der Waals surface area contributed by atoms with Gasteiger partial charge in [-0.3, -0.25) is 0 Å².